The van der Waals surface area contributed by atoms with Gasteiger partial charge in [-0.15, -0.1) is 0 Å². The van der Waals surface area contributed by atoms with Crippen molar-refractivity contribution in [3.05, 3.63) is 11.6 Å². The highest BCUT2D eigenvalue weighted by Gasteiger charge is 2.72. The SMILES string of the molecule is CC(=O)OCC12CC(OC(C)=O)C3(O)C(CCC4=CC(=O)CCC43C)C1CCC2C(C)OC(C)=O. The standard InChI is InChI=1S/C27H38O8/c1-15(34-17(3)29)21-8-9-22-23-7-6-19-12-20(31)10-11-25(19,5)27(23,32)24(35-18(4)30)13-26(21,22)14-33-16(2)28/h12,15,21-24,32H,6-11,13-14H2,1-5H3. The van der Waals surface area contributed by atoms with E-state index < -0.39 is 40.6 Å². The molecule has 4 aliphatic carbocycles. The zero-order valence-electron chi connectivity index (χ0n) is 21.4. The molecule has 8 heteroatoms. The van der Waals surface area contributed by atoms with Gasteiger partial charge in [0.25, 0.3) is 0 Å². The molecule has 35 heavy (non-hydrogen) atoms. The van der Waals surface area contributed by atoms with E-state index in [0.29, 0.717) is 32.1 Å². The van der Waals surface area contributed by atoms with Crippen LogP contribution in [0.5, 0.6) is 0 Å². The van der Waals surface area contributed by atoms with E-state index in [1.807, 2.05) is 13.8 Å². The van der Waals surface area contributed by atoms with E-state index >= 15 is 0 Å². The number of esters is 3. The second-order valence-electron chi connectivity index (χ2n) is 11.4. The third-order valence-electron chi connectivity index (χ3n) is 9.67. The minimum absolute atomic E-state index is 0.0160. The Hall–Kier alpha value is -2.22. The highest BCUT2D eigenvalue weighted by molar-refractivity contribution is 5.91. The number of hydrogen-bond acceptors (Lipinski definition) is 8. The Bertz CT molecular complexity index is 955. The highest BCUT2D eigenvalue weighted by Crippen LogP contribution is 2.69. The van der Waals surface area contributed by atoms with Gasteiger partial charge >= 0.3 is 17.9 Å². The Kier molecular flexibility index (Phi) is 6.66. The number of aliphatic hydroxyl groups is 1. The van der Waals surface area contributed by atoms with Crippen molar-refractivity contribution < 1.29 is 38.5 Å². The molecule has 3 fully saturated rings. The maximum atomic E-state index is 12.6. The summed E-state index contributed by atoms with van der Waals surface area (Å²) in [5.41, 5.74) is -1.73. The first-order valence-electron chi connectivity index (χ1n) is 12.8. The Morgan fingerprint density at radius 3 is 2.40 bits per heavy atom. The molecular weight excluding hydrogens is 452 g/mol. The first kappa shape index (κ1) is 25.9. The fourth-order valence-electron chi connectivity index (χ4n) is 8.31. The average molecular weight is 491 g/mol. The average Bonchev–Trinajstić information content (AvgIpc) is 3.12. The molecule has 8 atom stereocenters. The van der Waals surface area contributed by atoms with Crippen molar-refractivity contribution in [3.63, 3.8) is 0 Å². The van der Waals surface area contributed by atoms with Gasteiger partial charge in [-0.05, 0) is 63.4 Å². The number of fused-ring (bicyclic) bond motifs is 5. The topological polar surface area (TPSA) is 116 Å². The molecule has 194 valence electrons. The number of rotatable bonds is 5. The number of carbonyl (C=O) groups excluding carboxylic acids is 4. The van der Waals surface area contributed by atoms with Crippen LogP contribution in [0.1, 0.15) is 79.6 Å². The van der Waals surface area contributed by atoms with Crippen molar-refractivity contribution in [3.8, 4) is 0 Å². The molecule has 0 radical (unpaired) electrons. The van der Waals surface area contributed by atoms with Crippen LogP contribution in [0.3, 0.4) is 0 Å². The maximum absolute atomic E-state index is 12.6. The van der Waals surface area contributed by atoms with Gasteiger partial charge in [0.15, 0.2) is 5.78 Å². The fraction of sp³-hybridized carbons (Fsp3) is 0.778. The first-order chi connectivity index (χ1) is 16.3. The Labute approximate surface area is 206 Å². The Morgan fingerprint density at radius 1 is 1.06 bits per heavy atom. The minimum Gasteiger partial charge on any atom is -0.465 e. The summed E-state index contributed by atoms with van der Waals surface area (Å²) >= 11 is 0. The molecular formula is C27H38O8. The third-order valence-corrected chi connectivity index (χ3v) is 9.67. The molecule has 0 aromatic carbocycles. The van der Waals surface area contributed by atoms with Gasteiger partial charge in [-0.3, -0.25) is 19.2 Å². The molecule has 4 aliphatic rings. The van der Waals surface area contributed by atoms with E-state index in [1.54, 1.807) is 6.08 Å². The van der Waals surface area contributed by atoms with E-state index in [9.17, 15) is 24.3 Å². The lowest BCUT2D eigenvalue weighted by Gasteiger charge is -2.65. The van der Waals surface area contributed by atoms with Crippen molar-refractivity contribution in [2.75, 3.05) is 6.61 Å². The molecule has 0 bridgehead atoms. The van der Waals surface area contributed by atoms with E-state index in [1.165, 1.54) is 20.8 Å². The molecule has 8 unspecified atom stereocenters. The lowest BCUT2D eigenvalue weighted by Crippen LogP contribution is -2.71. The summed E-state index contributed by atoms with van der Waals surface area (Å²) in [4.78, 5) is 48.3. The van der Waals surface area contributed by atoms with Crippen LogP contribution in [0.4, 0.5) is 0 Å². The number of ether oxygens (including phenoxy) is 3. The number of hydrogen-bond donors (Lipinski definition) is 1. The van der Waals surface area contributed by atoms with Gasteiger partial charge in [0, 0.05) is 43.9 Å². The van der Waals surface area contributed by atoms with Crippen molar-refractivity contribution >= 4 is 23.7 Å². The molecule has 0 spiro atoms. The van der Waals surface area contributed by atoms with Crippen LogP contribution in [0, 0.1) is 28.6 Å². The van der Waals surface area contributed by atoms with E-state index in [0.717, 1.165) is 18.4 Å². The van der Waals surface area contributed by atoms with E-state index in [-0.39, 0.29) is 36.1 Å². The smallest absolute Gasteiger partial charge is 0.303 e. The predicted octanol–water partition coefficient (Wildman–Crippen LogP) is 3.29. The third kappa shape index (κ3) is 4.02. The minimum atomic E-state index is -1.35. The molecule has 3 saturated carbocycles. The van der Waals surface area contributed by atoms with Crippen LogP contribution in [-0.2, 0) is 33.4 Å². The molecule has 8 nitrogen and oxygen atoms in total. The van der Waals surface area contributed by atoms with Crippen LogP contribution in [0.15, 0.2) is 11.6 Å². The summed E-state index contributed by atoms with van der Waals surface area (Å²) in [5, 5.41) is 12.6. The van der Waals surface area contributed by atoms with Crippen LogP contribution in [0.25, 0.3) is 0 Å². The van der Waals surface area contributed by atoms with E-state index in [2.05, 4.69) is 0 Å². The zero-order chi connectivity index (χ0) is 25.8. The van der Waals surface area contributed by atoms with Gasteiger partial charge in [0.1, 0.15) is 17.8 Å². The Morgan fingerprint density at radius 2 is 1.77 bits per heavy atom. The van der Waals surface area contributed by atoms with Crippen molar-refractivity contribution in [2.24, 2.45) is 28.6 Å². The predicted molar refractivity (Wildman–Crippen MR) is 125 cm³/mol. The van der Waals surface area contributed by atoms with Crippen molar-refractivity contribution in [1.29, 1.82) is 0 Å². The molecule has 4 rings (SSSR count). The molecule has 1 N–H and O–H groups in total. The first-order valence-corrected chi connectivity index (χ1v) is 12.8. The zero-order valence-corrected chi connectivity index (χ0v) is 21.4. The second-order valence-corrected chi connectivity index (χ2v) is 11.4. The van der Waals surface area contributed by atoms with Gasteiger partial charge in [0.2, 0.25) is 0 Å². The van der Waals surface area contributed by atoms with Gasteiger partial charge in [-0.1, -0.05) is 12.5 Å². The molecule has 0 aromatic rings. The van der Waals surface area contributed by atoms with Crippen LogP contribution >= 0.6 is 0 Å². The summed E-state index contributed by atoms with van der Waals surface area (Å²) in [5.74, 6) is -1.55. The molecule has 0 aromatic heterocycles. The lowest BCUT2D eigenvalue weighted by molar-refractivity contribution is -0.265. The second kappa shape index (κ2) is 9.02. The maximum Gasteiger partial charge on any atom is 0.303 e. The van der Waals surface area contributed by atoms with Gasteiger partial charge in [0.05, 0.1) is 6.61 Å². The van der Waals surface area contributed by atoms with Crippen molar-refractivity contribution in [1.82, 2.24) is 0 Å². The van der Waals surface area contributed by atoms with Gasteiger partial charge < -0.3 is 19.3 Å². The summed E-state index contributed by atoms with van der Waals surface area (Å²) in [6, 6.07) is 0. The summed E-state index contributed by atoms with van der Waals surface area (Å²) in [7, 11) is 0. The highest BCUT2D eigenvalue weighted by atomic mass is 16.6. The van der Waals surface area contributed by atoms with Crippen LogP contribution in [-0.4, -0.2) is 53.2 Å². The quantitative estimate of drug-likeness (QED) is 0.461. The summed E-state index contributed by atoms with van der Waals surface area (Å²) < 4.78 is 17.1. The summed E-state index contributed by atoms with van der Waals surface area (Å²) in [6.07, 6.45) is 4.42. The molecule has 0 amide bonds. The largest absolute Gasteiger partial charge is 0.465 e. The normalized spacial score (nSPS) is 41.0. The van der Waals surface area contributed by atoms with Gasteiger partial charge in [-0.2, -0.15) is 0 Å². The fourth-order valence-corrected chi connectivity index (χ4v) is 8.31. The lowest BCUT2D eigenvalue weighted by atomic mass is 9.43. The van der Waals surface area contributed by atoms with Crippen LogP contribution in [0.2, 0.25) is 0 Å². The van der Waals surface area contributed by atoms with E-state index in [4.69, 9.17) is 14.2 Å². The molecule has 0 saturated heterocycles. The monoisotopic (exact) mass is 490 g/mol. The van der Waals surface area contributed by atoms with Crippen molar-refractivity contribution in [2.45, 2.75) is 97.4 Å². The molecule has 0 heterocycles. The van der Waals surface area contributed by atoms with Crippen LogP contribution < -0.4 is 0 Å². The number of carbonyl (C=O) groups is 4. The molecule has 0 aliphatic heterocycles. The Balaban J connectivity index is 1.83. The van der Waals surface area contributed by atoms with Gasteiger partial charge in [-0.25, -0.2) is 0 Å². The number of ketones is 1. The summed E-state index contributed by atoms with van der Waals surface area (Å²) in [6.45, 7) is 8.06.